The van der Waals surface area contributed by atoms with Crippen molar-refractivity contribution in [2.24, 2.45) is 0 Å². The van der Waals surface area contributed by atoms with Crippen LogP contribution in [-0.2, 0) is 11.2 Å². The molecule has 2 N–H and O–H groups in total. The number of hydrogen-bond acceptors (Lipinski definition) is 4. The van der Waals surface area contributed by atoms with E-state index in [1.54, 1.807) is 13.8 Å². The number of halogens is 8. The van der Waals surface area contributed by atoms with Crippen LogP contribution >= 0.6 is 0 Å². The van der Waals surface area contributed by atoms with Gasteiger partial charge in [0.25, 0.3) is 0 Å². The third-order valence-electron chi connectivity index (χ3n) is 8.56. The van der Waals surface area contributed by atoms with E-state index in [1.165, 1.54) is 60.7 Å². The lowest BCUT2D eigenvalue weighted by Crippen LogP contribution is -2.53. The van der Waals surface area contributed by atoms with Gasteiger partial charge in [-0.15, -0.1) is 0 Å². The van der Waals surface area contributed by atoms with Crippen LogP contribution < -0.4 is 9.47 Å². The molecule has 0 aliphatic heterocycles. The van der Waals surface area contributed by atoms with Gasteiger partial charge >= 0.3 is 0 Å². The van der Waals surface area contributed by atoms with Gasteiger partial charge in [-0.05, 0) is 49.2 Å². The summed E-state index contributed by atoms with van der Waals surface area (Å²) in [6.07, 6.45) is 0. The number of ether oxygens (including phenoxy) is 2. The smallest absolute Gasteiger partial charge is 0.204 e. The molecule has 2 unspecified atom stereocenters. The van der Waals surface area contributed by atoms with Crippen molar-refractivity contribution in [3.8, 4) is 23.0 Å². The largest absolute Gasteiger partial charge is 0.451 e. The molecule has 0 saturated carbocycles. The van der Waals surface area contributed by atoms with E-state index in [1.807, 2.05) is 0 Å². The zero-order valence-corrected chi connectivity index (χ0v) is 27.1. The van der Waals surface area contributed by atoms with Crippen LogP contribution in [0, 0.1) is 60.4 Å². The van der Waals surface area contributed by atoms with Gasteiger partial charge in [0, 0.05) is 0 Å². The fourth-order valence-electron chi connectivity index (χ4n) is 5.91. The molecule has 0 spiro atoms. The van der Waals surface area contributed by atoms with Crippen molar-refractivity contribution in [1.82, 2.24) is 0 Å². The van der Waals surface area contributed by atoms with E-state index >= 15 is 35.1 Å². The van der Waals surface area contributed by atoms with Gasteiger partial charge in [-0.2, -0.15) is 17.6 Å². The molecule has 0 aromatic heterocycles. The fraction of sp³-hybridized carbons (Fsp3) is 0.100. The average Bonchev–Trinajstić information content (AvgIpc) is 3.15. The third kappa shape index (κ3) is 5.83. The van der Waals surface area contributed by atoms with Gasteiger partial charge in [-0.3, -0.25) is 0 Å². The van der Waals surface area contributed by atoms with Crippen molar-refractivity contribution in [2.45, 2.75) is 25.0 Å². The Morgan fingerprint density at radius 3 is 0.923 bits per heavy atom. The minimum atomic E-state index is -4.01. The molecule has 52 heavy (non-hydrogen) atoms. The van der Waals surface area contributed by atoms with Crippen LogP contribution in [-0.4, -0.2) is 10.2 Å². The molecule has 0 radical (unpaired) electrons. The van der Waals surface area contributed by atoms with Crippen LogP contribution in [0.25, 0.3) is 0 Å². The summed E-state index contributed by atoms with van der Waals surface area (Å²) < 4.78 is 139. The second kappa shape index (κ2) is 13.8. The first-order chi connectivity index (χ1) is 24.7. The summed E-state index contributed by atoms with van der Waals surface area (Å²) in [6.45, 7) is 3.37. The van der Waals surface area contributed by atoms with Gasteiger partial charge in [0.05, 0.1) is 11.1 Å². The Hall–Kier alpha value is -5.72. The lowest BCUT2D eigenvalue weighted by Gasteiger charge is -2.45. The summed E-state index contributed by atoms with van der Waals surface area (Å²) in [7, 11) is 0. The van der Waals surface area contributed by atoms with Gasteiger partial charge in [-0.1, -0.05) is 96.1 Å². The molecule has 0 heterocycles. The van der Waals surface area contributed by atoms with Crippen LogP contribution in [0.5, 0.6) is 23.0 Å². The molecule has 0 aliphatic carbocycles. The van der Waals surface area contributed by atoms with Crippen molar-refractivity contribution < 1.29 is 54.8 Å². The molecule has 2 atom stereocenters. The number of rotatable bonds is 9. The second-order valence-corrected chi connectivity index (χ2v) is 11.9. The number of benzene rings is 6. The summed E-state index contributed by atoms with van der Waals surface area (Å²) in [6, 6.07) is 21.7. The highest BCUT2D eigenvalue weighted by atomic mass is 19.2. The molecule has 6 aromatic carbocycles. The lowest BCUT2D eigenvalue weighted by molar-refractivity contribution is -0.121. The molecule has 0 amide bonds. The number of hydrogen-bond donors (Lipinski definition) is 2. The van der Waals surface area contributed by atoms with Crippen LogP contribution in [0.4, 0.5) is 35.1 Å². The SMILES string of the molecule is Cc1ccc(Oc2c(F)c(F)c(C(O)(c3ccccc3)C(O)(c3ccccc3)c3c(F)c(F)c(Oc4ccc(C)cc4)c(F)c3F)c(F)c2F)cc1. The molecule has 0 saturated heterocycles. The second-order valence-electron chi connectivity index (χ2n) is 11.9. The molecule has 0 fully saturated rings. The van der Waals surface area contributed by atoms with Crippen molar-refractivity contribution in [3.05, 3.63) is 189 Å². The zero-order chi connectivity index (χ0) is 37.5. The van der Waals surface area contributed by atoms with Crippen LogP contribution in [0.1, 0.15) is 33.4 Å². The first-order valence-electron chi connectivity index (χ1n) is 15.5. The minimum absolute atomic E-state index is 0.253. The van der Waals surface area contributed by atoms with Gasteiger partial charge in [-0.25, -0.2) is 17.6 Å². The molecular formula is C40H26F8O4. The molecule has 6 aromatic rings. The number of aryl methyl sites for hydroxylation is 2. The molecule has 6 rings (SSSR count). The van der Waals surface area contributed by atoms with Gasteiger partial charge in [0.2, 0.25) is 34.8 Å². The summed E-state index contributed by atoms with van der Waals surface area (Å²) in [5.74, 6) is -22.1. The van der Waals surface area contributed by atoms with E-state index in [0.29, 0.717) is 11.1 Å². The Morgan fingerprint density at radius 2 is 0.654 bits per heavy atom. The molecule has 0 aliphatic rings. The Labute approximate surface area is 291 Å². The van der Waals surface area contributed by atoms with Crippen molar-refractivity contribution in [1.29, 1.82) is 0 Å². The Morgan fingerprint density at radius 1 is 0.385 bits per heavy atom. The average molecular weight is 723 g/mol. The summed E-state index contributed by atoms with van der Waals surface area (Å²) in [5, 5.41) is 25.3. The van der Waals surface area contributed by atoms with E-state index in [0.717, 1.165) is 48.5 Å². The molecule has 4 nitrogen and oxygen atoms in total. The summed E-state index contributed by atoms with van der Waals surface area (Å²) in [4.78, 5) is 0. The highest BCUT2D eigenvalue weighted by Gasteiger charge is 2.61. The van der Waals surface area contributed by atoms with Crippen molar-refractivity contribution in [3.63, 3.8) is 0 Å². The third-order valence-corrected chi connectivity index (χ3v) is 8.56. The zero-order valence-electron chi connectivity index (χ0n) is 27.1. The fourth-order valence-corrected chi connectivity index (χ4v) is 5.91. The first-order valence-corrected chi connectivity index (χ1v) is 15.5. The Balaban J connectivity index is 1.68. The minimum Gasteiger partial charge on any atom is -0.451 e. The lowest BCUT2D eigenvalue weighted by atomic mass is 9.65. The number of aliphatic hydroxyl groups is 2. The van der Waals surface area contributed by atoms with E-state index in [4.69, 9.17) is 9.47 Å². The summed E-state index contributed by atoms with van der Waals surface area (Å²) >= 11 is 0. The first kappa shape index (κ1) is 36.1. The van der Waals surface area contributed by atoms with Crippen LogP contribution in [0.2, 0.25) is 0 Å². The van der Waals surface area contributed by atoms with E-state index in [-0.39, 0.29) is 11.5 Å². The molecule has 12 heteroatoms. The molecule has 0 bridgehead atoms. The van der Waals surface area contributed by atoms with Gasteiger partial charge in [0.1, 0.15) is 11.5 Å². The maximum absolute atomic E-state index is 16.4. The highest BCUT2D eigenvalue weighted by Crippen LogP contribution is 2.54. The quantitative estimate of drug-likeness (QED) is 0.115. The Kier molecular flexibility index (Phi) is 9.56. The van der Waals surface area contributed by atoms with E-state index in [2.05, 4.69) is 0 Å². The van der Waals surface area contributed by atoms with Crippen molar-refractivity contribution >= 4 is 0 Å². The van der Waals surface area contributed by atoms with Gasteiger partial charge in [0.15, 0.2) is 34.5 Å². The predicted octanol–water partition coefficient (Wildman–Crippen LogP) is 10.2. The maximum atomic E-state index is 16.4. The maximum Gasteiger partial charge on any atom is 0.204 e. The van der Waals surface area contributed by atoms with Gasteiger partial charge < -0.3 is 19.7 Å². The topological polar surface area (TPSA) is 58.9 Å². The van der Waals surface area contributed by atoms with Crippen molar-refractivity contribution in [2.75, 3.05) is 0 Å². The standard InChI is InChI=1S/C40H26F8O4/c1-21-13-17-25(18-14-21)51-37-33(45)29(41)27(30(42)34(37)46)39(49,23-9-5-3-6-10-23)40(50,24-11-7-4-8-12-24)28-31(43)35(47)38(36(48)32(28)44)52-26-19-15-22(2)16-20-26/h3-20,49-50H,1-2H3. The monoisotopic (exact) mass is 722 g/mol. The highest BCUT2D eigenvalue weighted by molar-refractivity contribution is 5.55. The van der Waals surface area contributed by atoms with E-state index in [9.17, 15) is 10.2 Å². The normalized spacial score (nSPS) is 13.7. The van der Waals surface area contributed by atoms with Crippen LogP contribution in [0.15, 0.2) is 109 Å². The van der Waals surface area contributed by atoms with Crippen LogP contribution in [0.3, 0.4) is 0 Å². The predicted molar refractivity (Wildman–Crippen MR) is 174 cm³/mol. The molecular weight excluding hydrogens is 696 g/mol. The molecule has 266 valence electrons. The van der Waals surface area contributed by atoms with E-state index < -0.39 is 91.5 Å². The Bertz CT molecular complexity index is 2050. The summed E-state index contributed by atoms with van der Waals surface area (Å²) in [5.41, 5.74) is -12.3.